The molecule has 26 heavy (non-hydrogen) atoms. The van der Waals surface area contributed by atoms with Gasteiger partial charge < -0.3 is 9.84 Å². The first-order chi connectivity index (χ1) is 12.2. The van der Waals surface area contributed by atoms with Gasteiger partial charge in [-0.3, -0.25) is 4.79 Å². The number of hydrogen-bond acceptors (Lipinski definition) is 4. The van der Waals surface area contributed by atoms with Crippen LogP contribution in [-0.4, -0.2) is 29.1 Å². The molecule has 0 aliphatic heterocycles. The normalized spacial score (nSPS) is 13.0. The Hall–Kier alpha value is -2.17. The Morgan fingerprint density at radius 1 is 1.12 bits per heavy atom. The zero-order valence-electron chi connectivity index (χ0n) is 15.7. The Morgan fingerprint density at radius 3 is 1.96 bits per heavy atom. The van der Waals surface area contributed by atoms with Crippen LogP contribution in [0.4, 0.5) is 0 Å². The molecule has 0 amide bonds. The number of rotatable bonds is 3. The number of halogens is 1. The summed E-state index contributed by atoms with van der Waals surface area (Å²) in [6, 6.07) is 12.0. The lowest BCUT2D eigenvalue weighted by atomic mass is 10.1. The summed E-state index contributed by atoms with van der Waals surface area (Å²) in [5.41, 5.74) is -0.684. The number of esters is 1. The van der Waals surface area contributed by atoms with E-state index in [0.29, 0.717) is 10.6 Å². The maximum atomic E-state index is 10.8. The molecule has 1 aromatic carbocycles. The highest BCUT2D eigenvalue weighted by atomic mass is 35.5. The second-order valence-electron chi connectivity index (χ2n) is 6.15. The number of allylic oxidation sites excluding steroid dienone is 6. The number of aliphatic hydroxyl groups is 1. The van der Waals surface area contributed by atoms with E-state index in [0.717, 1.165) is 12.7 Å². The van der Waals surface area contributed by atoms with E-state index in [1.54, 1.807) is 26.0 Å². The van der Waals surface area contributed by atoms with Crippen molar-refractivity contribution >= 4 is 23.9 Å². The molecule has 1 N–H and O–H groups in total. The van der Waals surface area contributed by atoms with Crippen LogP contribution in [0, 0.1) is 0 Å². The molecule has 0 saturated heterocycles. The summed E-state index contributed by atoms with van der Waals surface area (Å²) in [5, 5.41) is 9.75. The van der Waals surface area contributed by atoms with Gasteiger partial charge in [-0.1, -0.05) is 66.2 Å². The Balaban J connectivity index is 0.000000372. The zero-order valence-corrected chi connectivity index (χ0v) is 16.4. The minimum atomic E-state index is -1.37. The third-order valence-corrected chi connectivity index (χ3v) is 3.03. The summed E-state index contributed by atoms with van der Waals surface area (Å²) < 4.78 is 4.73. The van der Waals surface area contributed by atoms with Gasteiger partial charge in [0.15, 0.2) is 5.60 Å². The van der Waals surface area contributed by atoms with Crippen LogP contribution >= 0.6 is 11.6 Å². The van der Waals surface area contributed by atoms with Gasteiger partial charge in [0.2, 0.25) is 0 Å². The van der Waals surface area contributed by atoms with Crippen LogP contribution in [0.5, 0.6) is 0 Å². The van der Waals surface area contributed by atoms with E-state index >= 15 is 0 Å². The van der Waals surface area contributed by atoms with Crippen LogP contribution in [0.25, 0.3) is 0 Å². The van der Waals surface area contributed by atoms with E-state index in [-0.39, 0.29) is 6.10 Å². The van der Waals surface area contributed by atoms with Crippen LogP contribution in [0.2, 0.25) is 0 Å². The van der Waals surface area contributed by atoms with Crippen molar-refractivity contribution in [1.82, 2.24) is 0 Å². The number of carbonyl (C=O) groups is 2. The van der Waals surface area contributed by atoms with E-state index in [2.05, 4.69) is 0 Å². The number of ether oxygens (including phenoxy) is 1. The van der Waals surface area contributed by atoms with Gasteiger partial charge in [0, 0.05) is 10.6 Å². The van der Waals surface area contributed by atoms with Crippen LogP contribution in [0.3, 0.4) is 0 Å². The second kappa shape index (κ2) is 13.1. The molecule has 2 rings (SSSR count). The Kier molecular flexibility index (Phi) is 12.0. The van der Waals surface area contributed by atoms with Crippen molar-refractivity contribution in [3.63, 3.8) is 0 Å². The average Bonchev–Trinajstić information content (AvgIpc) is 2.80. The van der Waals surface area contributed by atoms with Gasteiger partial charge in [-0.25, -0.2) is 4.79 Å². The summed E-state index contributed by atoms with van der Waals surface area (Å²) in [6.07, 6.45) is 8.50. The van der Waals surface area contributed by atoms with Gasteiger partial charge in [0.25, 0.3) is 0 Å². The fraction of sp³-hybridized carbons (Fsp3) is 0.333. The molecule has 1 aliphatic rings. The van der Waals surface area contributed by atoms with Crippen molar-refractivity contribution in [3.8, 4) is 0 Å². The quantitative estimate of drug-likeness (QED) is 0.617. The molecule has 142 valence electrons. The highest BCUT2D eigenvalue weighted by Crippen LogP contribution is 2.11. The maximum absolute atomic E-state index is 10.8. The SMILES string of the molecule is CC(C)OC(=O)C(C)(C)O.O=CC1=CCC=C(Cl)C=C1.c1ccccc1. The zero-order chi connectivity index (χ0) is 20.0. The largest absolute Gasteiger partial charge is 0.461 e. The molecule has 0 fully saturated rings. The predicted octanol–water partition coefficient (Wildman–Crippen LogP) is 4.59. The molecular weight excluding hydrogens is 352 g/mol. The van der Waals surface area contributed by atoms with Gasteiger partial charge in [-0.2, -0.15) is 0 Å². The van der Waals surface area contributed by atoms with Crippen molar-refractivity contribution in [3.05, 3.63) is 71.3 Å². The van der Waals surface area contributed by atoms with E-state index in [4.69, 9.17) is 21.4 Å². The standard InChI is InChI=1S/C8H7ClO.C7H14O3.C6H6/c9-8-3-1-2-7(6-10)4-5-8;1-5(2)10-6(8)7(3,4)9;1-2-4-6-5-3-1/h2-6H,1H2;5,9H,1-4H3;1-6H. The Morgan fingerprint density at radius 2 is 1.62 bits per heavy atom. The molecule has 0 saturated carbocycles. The summed E-state index contributed by atoms with van der Waals surface area (Å²) >= 11 is 5.67. The smallest absolute Gasteiger partial charge is 0.337 e. The van der Waals surface area contributed by atoms with Gasteiger partial charge >= 0.3 is 5.97 Å². The van der Waals surface area contributed by atoms with Crippen molar-refractivity contribution in [2.45, 2.75) is 45.8 Å². The fourth-order valence-electron chi connectivity index (χ4n) is 1.45. The highest BCUT2D eigenvalue weighted by Gasteiger charge is 2.26. The van der Waals surface area contributed by atoms with E-state index in [1.807, 2.05) is 48.6 Å². The minimum absolute atomic E-state index is 0.168. The van der Waals surface area contributed by atoms with Crippen molar-refractivity contribution in [2.75, 3.05) is 0 Å². The van der Waals surface area contributed by atoms with Gasteiger partial charge in [0.1, 0.15) is 6.29 Å². The Labute approximate surface area is 160 Å². The monoisotopic (exact) mass is 378 g/mol. The van der Waals surface area contributed by atoms with E-state index in [9.17, 15) is 9.59 Å². The van der Waals surface area contributed by atoms with Gasteiger partial charge in [-0.15, -0.1) is 0 Å². The average molecular weight is 379 g/mol. The molecule has 0 unspecified atom stereocenters. The number of benzene rings is 1. The molecule has 0 spiro atoms. The lowest BCUT2D eigenvalue weighted by Gasteiger charge is -2.17. The highest BCUT2D eigenvalue weighted by molar-refractivity contribution is 6.31. The molecule has 0 bridgehead atoms. The number of carbonyl (C=O) groups excluding carboxylic acids is 2. The summed E-state index contributed by atoms with van der Waals surface area (Å²) in [5.74, 6) is -0.581. The van der Waals surface area contributed by atoms with Crippen LogP contribution in [0.1, 0.15) is 34.1 Å². The lowest BCUT2D eigenvalue weighted by molar-refractivity contribution is -0.165. The van der Waals surface area contributed by atoms with E-state index < -0.39 is 11.6 Å². The predicted molar refractivity (Wildman–Crippen MR) is 106 cm³/mol. The maximum Gasteiger partial charge on any atom is 0.337 e. The molecule has 4 nitrogen and oxygen atoms in total. The fourth-order valence-corrected chi connectivity index (χ4v) is 1.60. The first-order valence-corrected chi connectivity index (χ1v) is 8.67. The van der Waals surface area contributed by atoms with Crippen LogP contribution in [-0.2, 0) is 14.3 Å². The molecule has 0 atom stereocenters. The molecule has 0 aromatic heterocycles. The van der Waals surface area contributed by atoms with Crippen molar-refractivity contribution in [2.24, 2.45) is 0 Å². The van der Waals surface area contributed by atoms with E-state index in [1.165, 1.54) is 13.8 Å². The lowest BCUT2D eigenvalue weighted by Crippen LogP contribution is -2.34. The summed E-state index contributed by atoms with van der Waals surface area (Å²) in [4.78, 5) is 21.0. The first-order valence-electron chi connectivity index (χ1n) is 8.29. The van der Waals surface area contributed by atoms with Crippen LogP contribution < -0.4 is 0 Å². The second-order valence-corrected chi connectivity index (χ2v) is 6.58. The molecule has 5 heteroatoms. The molecule has 0 radical (unpaired) electrons. The van der Waals surface area contributed by atoms with Crippen molar-refractivity contribution in [1.29, 1.82) is 0 Å². The summed E-state index contributed by atoms with van der Waals surface area (Å²) in [6.45, 7) is 6.28. The Bertz CT molecular complexity index is 596. The van der Waals surface area contributed by atoms with Crippen molar-refractivity contribution < 1.29 is 19.4 Å². The van der Waals surface area contributed by atoms with Crippen LogP contribution in [0.15, 0.2) is 71.3 Å². The molecular formula is C21H27ClO4. The van der Waals surface area contributed by atoms with Gasteiger partial charge in [0.05, 0.1) is 6.10 Å². The molecule has 0 heterocycles. The number of hydrogen-bond donors (Lipinski definition) is 1. The first kappa shape index (κ1) is 23.8. The molecule has 1 aliphatic carbocycles. The topological polar surface area (TPSA) is 63.6 Å². The number of aldehydes is 1. The minimum Gasteiger partial charge on any atom is -0.461 e. The molecule has 1 aromatic rings. The summed E-state index contributed by atoms with van der Waals surface area (Å²) in [7, 11) is 0. The third kappa shape index (κ3) is 13.2. The third-order valence-electron chi connectivity index (χ3n) is 2.75. The van der Waals surface area contributed by atoms with Gasteiger partial charge in [-0.05, 0) is 40.2 Å².